The molecule has 0 N–H and O–H groups in total. The molecule has 0 saturated heterocycles. The molecule has 6 nitrogen and oxygen atoms in total. The Bertz CT molecular complexity index is 935. The SMILES string of the molecule is COc1ccc(-c2noc(CS(=O)(=O)c3ccc(Cl)cc3)n2)cc1. The number of rotatable bonds is 5. The van der Waals surface area contributed by atoms with E-state index in [1.54, 1.807) is 31.4 Å². The minimum atomic E-state index is -3.58. The summed E-state index contributed by atoms with van der Waals surface area (Å²) in [5.74, 6) is 0.667. The highest BCUT2D eigenvalue weighted by atomic mass is 35.5. The minimum Gasteiger partial charge on any atom is -0.497 e. The van der Waals surface area contributed by atoms with Gasteiger partial charge >= 0.3 is 0 Å². The fourth-order valence-corrected chi connectivity index (χ4v) is 3.34. The van der Waals surface area contributed by atoms with Gasteiger partial charge < -0.3 is 9.26 Å². The molecule has 0 amide bonds. The number of aromatic nitrogens is 2. The number of benzene rings is 2. The van der Waals surface area contributed by atoms with Crippen molar-refractivity contribution in [3.8, 4) is 17.1 Å². The predicted octanol–water partition coefficient (Wildman–Crippen LogP) is 3.37. The van der Waals surface area contributed by atoms with Crippen LogP contribution in [0.25, 0.3) is 11.4 Å². The summed E-state index contributed by atoms with van der Waals surface area (Å²) >= 11 is 5.77. The summed E-state index contributed by atoms with van der Waals surface area (Å²) in [6, 6.07) is 13.0. The van der Waals surface area contributed by atoms with E-state index in [0.717, 1.165) is 0 Å². The predicted molar refractivity (Wildman–Crippen MR) is 88.6 cm³/mol. The quantitative estimate of drug-likeness (QED) is 0.690. The summed E-state index contributed by atoms with van der Waals surface area (Å²) in [6.07, 6.45) is 0. The monoisotopic (exact) mass is 364 g/mol. The lowest BCUT2D eigenvalue weighted by Gasteiger charge is -2.01. The van der Waals surface area contributed by atoms with E-state index in [2.05, 4.69) is 10.1 Å². The normalized spacial score (nSPS) is 11.4. The van der Waals surface area contributed by atoms with Crippen LogP contribution in [0.2, 0.25) is 5.02 Å². The Kier molecular flexibility index (Phi) is 4.55. The third-order valence-corrected chi connectivity index (χ3v) is 5.17. The van der Waals surface area contributed by atoms with E-state index in [0.29, 0.717) is 22.2 Å². The molecule has 0 radical (unpaired) electrons. The Morgan fingerprint density at radius 1 is 1.08 bits per heavy atom. The Hall–Kier alpha value is -2.38. The van der Waals surface area contributed by atoms with Crippen LogP contribution in [0.4, 0.5) is 0 Å². The van der Waals surface area contributed by atoms with E-state index >= 15 is 0 Å². The molecule has 2 aromatic carbocycles. The zero-order valence-electron chi connectivity index (χ0n) is 12.6. The van der Waals surface area contributed by atoms with E-state index < -0.39 is 9.84 Å². The topological polar surface area (TPSA) is 82.3 Å². The number of ether oxygens (including phenoxy) is 1. The van der Waals surface area contributed by atoms with Crippen molar-refractivity contribution in [1.29, 1.82) is 0 Å². The fraction of sp³-hybridized carbons (Fsp3) is 0.125. The largest absolute Gasteiger partial charge is 0.497 e. The molecule has 0 saturated carbocycles. The summed E-state index contributed by atoms with van der Waals surface area (Å²) in [5.41, 5.74) is 0.703. The van der Waals surface area contributed by atoms with Gasteiger partial charge in [0, 0.05) is 10.6 Å². The molecule has 24 heavy (non-hydrogen) atoms. The molecule has 0 aliphatic heterocycles. The summed E-state index contributed by atoms with van der Waals surface area (Å²) in [4.78, 5) is 4.29. The molecule has 3 rings (SSSR count). The molecular weight excluding hydrogens is 352 g/mol. The molecule has 0 atom stereocenters. The van der Waals surface area contributed by atoms with E-state index in [9.17, 15) is 8.42 Å². The van der Waals surface area contributed by atoms with Crippen LogP contribution in [0.5, 0.6) is 5.75 Å². The second-order valence-corrected chi connectivity index (χ2v) is 7.38. The number of hydrogen-bond donors (Lipinski definition) is 0. The van der Waals surface area contributed by atoms with E-state index in [1.165, 1.54) is 24.3 Å². The Labute approximate surface area is 144 Å². The third kappa shape index (κ3) is 3.58. The third-order valence-electron chi connectivity index (χ3n) is 3.30. The second kappa shape index (κ2) is 6.62. The molecule has 0 fully saturated rings. The Morgan fingerprint density at radius 3 is 2.38 bits per heavy atom. The van der Waals surface area contributed by atoms with Gasteiger partial charge in [0.1, 0.15) is 11.5 Å². The molecule has 0 bridgehead atoms. The second-order valence-electron chi connectivity index (χ2n) is 4.95. The maximum absolute atomic E-state index is 12.4. The van der Waals surface area contributed by atoms with E-state index in [1.807, 2.05) is 0 Å². The molecule has 8 heteroatoms. The zero-order valence-corrected chi connectivity index (χ0v) is 14.2. The van der Waals surface area contributed by atoms with Crippen molar-refractivity contribution in [3.63, 3.8) is 0 Å². The van der Waals surface area contributed by atoms with Crippen molar-refractivity contribution in [1.82, 2.24) is 10.1 Å². The lowest BCUT2D eigenvalue weighted by Crippen LogP contribution is -2.05. The van der Waals surface area contributed by atoms with Gasteiger partial charge in [-0.3, -0.25) is 0 Å². The molecule has 1 heterocycles. The molecule has 0 spiro atoms. The highest BCUT2D eigenvalue weighted by molar-refractivity contribution is 7.90. The first-order chi connectivity index (χ1) is 11.5. The van der Waals surface area contributed by atoms with Gasteiger partial charge in [-0.15, -0.1) is 0 Å². The molecule has 124 valence electrons. The maximum atomic E-state index is 12.4. The summed E-state index contributed by atoms with van der Waals surface area (Å²) in [6.45, 7) is 0. The van der Waals surface area contributed by atoms with Crippen molar-refractivity contribution in [2.45, 2.75) is 10.6 Å². The number of nitrogens with zero attached hydrogens (tertiary/aromatic N) is 2. The maximum Gasteiger partial charge on any atom is 0.242 e. The van der Waals surface area contributed by atoms with Gasteiger partial charge in [0.15, 0.2) is 9.84 Å². The smallest absolute Gasteiger partial charge is 0.242 e. The van der Waals surface area contributed by atoms with Gasteiger partial charge in [-0.2, -0.15) is 4.98 Å². The van der Waals surface area contributed by atoms with E-state index in [-0.39, 0.29) is 16.5 Å². The Balaban J connectivity index is 1.81. The van der Waals surface area contributed by atoms with Crippen molar-refractivity contribution in [3.05, 3.63) is 59.4 Å². The van der Waals surface area contributed by atoms with Crippen LogP contribution >= 0.6 is 11.6 Å². The summed E-state index contributed by atoms with van der Waals surface area (Å²) in [5, 5.41) is 4.29. The minimum absolute atomic E-state index is 0.0239. The van der Waals surface area contributed by atoms with Crippen LogP contribution in [0.3, 0.4) is 0 Å². The van der Waals surface area contributed by atoms with E-state index in [4.69, 9.17) is 20.9 Å². The van der Waals surface area contributed by atoms with Crippen LogP contribution in [-0.4, -0.2) is 25.7 Å². The number of hydrogen-bond acceptors (Lipinski definition) is 6. The molecular formula is C16H13ClN2O4S. The van der Waals surface area contributed by atoms with Crippen molar-refractivity contribution in [2.24, 2.45) is 0 Å². The van der Waals surface area contributed by atoms with Gasteiger partial charge in [0.2, 0.25) is 11.7 Å². The van der Waals surface area contributed by atoms with Gasteiger partial charge in [-0.25, -0.2) is 8.42 Å². The van der Waals surface area contributed by atoms with Crippen LogP contribution in [0.15, 0.2) is 57.9 Å². The first-order valence-electron chi connectivity index (χ1n) is 6.93. The average Bonchev–Trinajstić information content (AvgIpc) is 3.03. The van der Waals surface area contributed by atoms with Gasteiger partial charge in [0.05, 0.1) is 12.0 Å². The molecule has 0 unspecified atom stereocenters. The Morgan fingerprint density at radius 2 is 1.75 bits per heavy atom. The van der Waals surface area contributed by atoms with Crippen molar-refractivity contribution >= 4 is 21.4 Å². The number of sulfone groups is 1. The van der Waals surface area contributed by atoms with Crippen LogP contribution in [-0.2, 0) is 15.6 Å². The highest BCUT2D eigenvalue weighted by Gasteiger charge is 2.20. The van der Waals surface area contributed by atoms with Gasteiger partial charge in [-0.1, -0.05) is 16.8 Å². The molecule has 3 aromatic rings. The fourth-order valence-electron chi connectivity index (χ4n) is 2.06. The number of methoxy groups -OCH3 is 1. The van der Waals surface area contributed by atoms with Crippen LogP contribution in [0.1, 0.15) is 5.89 Å². The summed E-state index contributed by atoms with van der Waals surface area (Å²) < 4.78 is 34.8. The van der Waals surface area contributed by atoms with Crippen LogP contribution < -0.4 is 4.74 Å². The lowest BCUT2D eigenvalue weighted by molar-refractivity contribution is 0.389. The first kappa shape index (κ1) is 16.5. The zero-order chi connectivity index (χ0) is 17.2. The van der Waals surface area contributed by atoms with Crippen molar-refractivity contribution in [2.75, 3.05) is 7.11 Å². The lowest BCUT2D eigenvalue weighted by atomic mass is 10.2. The molecule has 0 aliphatic rings. The van der Waals surface area contributed by atoms with Crippen LogP contribution in [0, 0.1) is 0 Å². The first-order valence-corrected chi connectivity index (χ1v) is 8.96. The standard InChI is InChI=1S/C16H13ClN2O4S/c1-22-13-6-2-11(3-7-13)16-18-15(23-19-16)10-24(20,21)14-8-4-12(17)5-9-14/h2-9H,10H2,1H3. The molecule has 1 aromatic heterocycles. The highest BCUT2D eigenvalue weighted by Crippen LogP contribution is 2.22. The van der Waals surface area contributed by atoms with Gasteiger partial charge in [-0.05, 0) is 48.5 Å². The average molecular weight is 365 g/mol. The van der Waals surface area contributed by atoms with Gasteiger partial charge in [0.25, 0.3) is 0 Å². The summed E-state index contributed by atoms with van der Waals surface area (Å²) in [7, 11) is -2.01. The number of halogens is 1. The molecule has 0 aliphatic carbocycles. The van der Waals surface area contributed by atoms with Crippen molar-refractivity contribution < 1.29 is 17.7 Å².